The largest absolute Gasteiger partial charge is 0.443 e. The molecule has 4 aromatic rings. The van der Waals surface area contributed by atoms with Crippen LogP contribution >= 0.6 is 11.3 Å². The summed E-state index contributed by atoms with van der Waals surface area (Å²) < 4.78 is 20.4. The highest BCUT2D eigenvalue weighted by atomic mass is 32.1. The van der Waals surface area contributed by atoms with Crippen molar-refractivity contribution in [3.63, 3.8) is 0 Å². The van der Waals surface area contributed by atoms with Crippen molar-refractivity contribution in [2.75, 3.05) is 0 Å². The van der Waals surface area contributed by atoms with Crippen molar-refractivity contribution in [2.24, 2.45) is 5.73 Å². The number of aryl methyl sites for hydroxylation is 2. The molecule has 0 bridgehead atoms. The lowest BCUT2D eigenvalue weighted by Gasteiger charge is -2.14. The SMILES string of the molecule is Cc1ccc(Cn2nc(C)c3cc(C(=O)OC(C(N)=O)c4ccc(F)cc4)sc32)cc1. The molecule has 2 aromatic heterocycles. The van der Waals surface area contributed by atoms with E-state index in [2.05, 4.69) is 5.10 Å². The van der Waals surface area contributed by atoms with Crippen molar-refractivity contribution in [2.45, 2.75) is 26.5 Å². The number of fused-ring (bicyclic) bond motifs is 1. The maximum Gasteiger partial charge on any atom is 0.349 e. The van der Waals surface area contributed by atoms with Gasteiger partial charge in [0.15, 0.2) is 0 Å². The summed E-state index contributed by atoms with van der Waals surface area (Å²) in [5.41, 5.74) is 8.79. The molecule has 0 fully saturated rings. The number of carbonyl (C=O) groups excluding carboxylic acids is 2. The van der Waals surface area contributed by atoms with Crippen molar-refractivity contribution < 1.29 is 18.7 Å². The van der Waals surface area contributed by atoms with Crippen LogP contribution in [-0.4, -0.2) is 21.7 Å². The van der Waals surface area contributed by atoms with Gasteiger partial charge in [-0.3, -0.25) is 9.48 Å². The van der Waals surface area contributed by atoms with Crippen LogP contribution in [-0.2, 0) is 16.1 Å². The van der Waals surface area contributed by atoms with Crippen LogP contribution in [0.4, 0.5) is 4.39 Å². The quantitative estimate of drug-likeness (QED) is 0.456. The zero-order valence-electron chi connectivity index (χ0n) is 17.0. The van der Waals surface area contributed by atoms with Gasteiger partial charge in [0, 0.05) is 10.9 Å². The molecule has 158 valence electrons. The predicted molar refractivity (Wildman–Crippen MR) is 116 cm³/mol. The molecule has 1 amide bonds. The van der Waals surface area contributed by atoms with Gasteiger partial charge < -0.3 is 10.5 Å². The molecule has 0 saturated carbocycles. The first-order chi connectivity index (χ1) is 14.8. The molecular weight excluding hydrogens is 417 g/mol. The van der Waals surface area contributed by atoms with E-state index >= 15 is 0 Å². The lowest BCUT2D eigenvalue weighted by atomic mass is 10.1. The second kappa shape index (κ2) is 8.31. The third kappa shape index (κ3) is 4.34. The number of hydrogen-bond donors (Lipinski definition) is 1. The van der Waals surface area contributed by atoms with Crippen LogP contribution in [0.5, 0.6) is 0 Å². The van der Waals surface area contributed by atoms with E-state index in [0.717, 1.165) is 21.5 Å². The Hall–Kier alpha value is -3.52. The first-order valence-corrected chi connectivity index (χ1v) is 10.4. The van der Waals surface area contributed by atoms with Gasteiger partial charge in [0.25, 0.3) is 5.91 Å². The molecule has 1 atom stereocenters. The second-order valence-corrected chi connectivity index (χ2v) is 8.33. The number of nitrogens with zero attached hydrogens (tertiary/aromatic N) is 2. The van der Waals surface area contributed by atoms with Crippen molar-refractivity contribution in [3.8, 4) is 0 Å². The van der Waals surface area contributed by atoms with E-state index in [9.17, 15) is 14.0 Å². The lowest BCUT2D eigenvalue weighted by Crippen LogP contribution is -2.26. The zero-order chi connectivity index (χ0) is 22.1. The van der Waals surface area contributed by atoms with Crippen LogP contribution in [0.25, 0.3) is 10.2 Å². The molecule has 0 aliphatic rings. The summed E-state index contributed by atoms with van der Waals surface area (Å²) in [7, 11) is 0. The Labute approximate surface area is 182 Å². The normalized spacial score (nSPS) is 12.1. The maximum atomic E-state index is 13.2. The Morgan fingerprint density at radius 2 is 1.81 bits per heavy atom. The number of aromatic nitrogens is 2. The standard InChI is InChI=1S/C23H20FN3O3S/c1-13-3-5-15(6-4-13)12-27-22-18(14(2)26-27)11-19(31-22)23(29)30-20(21(25)28)16-7-9-17(24)10-8-16/h3-11,20H,12H2,1-2H3,(H2,25,28). The molecule has 6 nitrogen and oxygen atoms in total. The molecule has 0 aliphatic carbocycles. The molecule has 8 heteroatoms. The van der Waals surface area contributed by atoms with E-state index in [0.29, 0.717) is 17.0 Å². The summed E-state index contributed by atoms with van der Waals surface area (Å²) in [5, 5.41) is 5.43. The van der Waals surface area contributed by atoms with Crippen LogP contribution < -0.4 is 5.73 Å². The topological polar surface area (TPSA) is 87.2 Å². The number of benzene rings is 2. The summed E-state index contributed by atoms with van der Waals surface area (Å²) in [6.07, 6.45) is -1.30. The average molecular weight is 437 g/mol. The third-order valence-electron chi connectivity index (χ3n) is 4.92. The minimum absolute atomic E-state index is 0.310. The molecule has 0 spiro atoms. The summed E-state index contributed by atoms with van der Waals surface area (Å²) in [6, 6.07) is 15.0. The highest BCUT2D eigenvalue weighted by Gasteiger charge is 2.25. The third-order valence-corrected chi connectivity index (χ3v) is 6.05. The molecule has 0 aliphatic heterocycles. The molecule has 2 N–H and O–H groups in total. The molecule has 1 unspecified atom stereocenters. The van der Waals surface area contributed by atoms with Gasteiger partial charge in [-0.2, -0.15) is 5.10 Å². The number of thiophene rings is 1. The number of ether oxygens (including phenoxy) is 1. The first kappa shape index (κ1) is 20.7. The van der Waals surface area contributed by atoms with Crippen molar-refractivity contribution in [1.29, 1.82) is 0 Å². The van der Waals surface area contributed by atoms with Gasteiger partial charge in [-0.15, -0.1) is 11.3 Å². The van der Waals surface area contributed by atoms with Gasteiger partial charge in [-0.25, -0.2) is 9.18 Å². The monoisotopic (exact) mass is 437 g/mol. The Balaban J connectivity index is 1.60. The minimum atomic E-state index is -1.30. The van der Waals surface area contributed by atoms with E-state index in [4.69, 9.17) is 10.5 Å². The number of carbonyl (C=O) groups is 2. The van der Waals surface area contributed by atoms with E-state index in [-0.39, 0.29) is 0 Å². The predicted octanol–water partition coefficient (Wildman–Crippen LogP) is 4.29. The molecule has 4 rings (SSSR count). The number of primary amides is 1. The highest BCUT2D eigenvalue weighted by Crippen LogP contribution is 2.30. The van der Waals surface area contributed by atoms with Gasteiger partial charge >= 0.3 is 5.97 Å². The van der Waals surface area contributed by atoms with Crippen LogP contribution in [0.15, 0.2) is 54.6 Å². The van der Waals surface area contributed by atoms with E-state index < -0.39 is 23.8 Å². The Morgan fingerprint density at radius 3 is 2.45 bits per heavy atom. The summed E-state index contributed by atoms with van der Waals surface area (Å²) >= 11 is 1.24. The second-order valence-electron chi connectivity index (χ2n) is 7.30. The van der Waals surface area contributed by atoms with E-state index in [1.54, 1.807) is 6.07 Å². The number of esters is 1. The summed E-state index contributed by atoms with van der Waals surface area (Å²) in [6.45, 7) is 4.47. The molecule has 0 saturated heterocycles. The van der Waals surface area contributed by atoms with Crippen LogP contribution in [0, 0.1) is 19.7 Å². The summed E-state index contributed by atoms with van der Waals surface area (Å²) in [5.74, 6) is -1.96. The molecular formula is C23H20FN3O3S. The van der Waals surface area contributed by atoms with Crippen molar-refractivity contribution in [1.82, 2.24) is 9.78 Å². The van der Waals surface area contributed by atoms with Crippen molar-refractivity contribution >= 4 is 33.4 Å². The van der Waals surface area contributed by atoms with Gasteiger partial charge in [-0.1, -0.05) is 42.0 Å². The fourth-order valence-electron chi connectivity index (χ4n) is 3.28. The van der Waals surface area contributed by atoms with E-state index in [1.165, 1.54) is 41.2 Å². The number of hydrogen-bond acceptors (Lipinski definition) is 5. The number of rotatable bonds is 6. The molecule has 0 radical (unpaired) electrons. The molecule has 2 aromatic carbocycles. The fraction of sp³-hybridized carbons (Fsp3) is 0.174. The maximum absolute atomic E-state index is 13.2. The first-order valence-electron chi connectivity index (χ1n) is 9.60. The smallest absolute Gasteiger partial charge is 0.349 e. The van der Waals surface area contributed by atoms with Crippen LogP contribution in [0.2, 0.25) is 0 Å². The fourth-order valence-corrected chi connectivity index (χ4v) is 4.32. The van der Waals surface area contributed by atoms with E-state index in [1.807, 2.05) is 42.8 Å². The van der Waals surface area contributed by atoms with Gasteiger partial charge in [0.1, 0.15) is 15.5 Å². The lowest BCUT2D eigenvalue weighted by molar-refractivity contribution is -0.127. The minimum Gasteiger partial charge on any atom is -0.443 e. The van der Waals surface area contributed by atoms with Gasteiger partial charge in [0.05, 0.1) is 12.2 Å². The van der Waals surface area contributed by atoms with Crippen LogP contribution in [0.1, 0.15) is 38.2 Å². The van der Waals surface area contributed by atoms with Gasteiger partial charge in [-0.05, 0) is 37.6 Å². The number of nitrogens with two attached hydrogens (primary N) is 1. The Morgan fingerprint density at radius 1 is 1.13 bits per heavy atom. The Kier molecular flexibility index (Phi) is 5.56. The number of halogens is 1. The highest BCUT2D eigenvalue weighted by molar-refractivity contribution is 7.20. The van der Waals surface area contributed by atoms with Crippen molar-refractivity contribution in [3.05, 3.63) is 87.7 Å². The van der Waals surface area contributed by atoms with Gasteiger partial charge in [0.2, 0.25) is 6.10 Å². The zero-order valence-corrected chi connectivity index (χ0v) is 17.8. The molecule has 31 heavy (non-hydrogen) atoms. The average Bonchev–Trinajstić information content (AvgIpc) is 3.30. The Bertz CT molecular complexity index is 1260. The molecule has 2 heterocycles. The number of amides is 1. The summed E-state index contributed by atoms with van der Waals surface area (Å²) in [4.78, 5) is 25.8. The van der Waals surface area contributed by atoms with Crippen LogP contribution in [0.3, 0.4) is 0 Å².